The highest BCUT2D eigenvalue weighted by Gasteiger charge is 2.39. The number of hydrogen-bond donors (Lipinski definition) is 2. The predicted molar refractivity (Wildman–Crippen MR) is 260 cm³/mol. The standard InChI is InChI=1S/C54H91N3O7/c1-15-17-26-44(51(63-14)41(11)52(60)55-42(12)40(10)43-27-22-21-23-28-43)31-32-45(58)33-39(9)50(37(7)16-2)57(13)54(62)49(36(5)6)56-53(61)48(35(3)4)38(8)34-47(59)64-46-29-24-19-18-20-25-30-46/h21-24,27-29,35-42,44,46,48-51H,15-20,25-26,30-34H2,1-14H3,(H,55,60)(H,56,61)/t37-,38?,39+,40+,41+,42+,44+,46?,48+,49-,50-,51+/m0/s1. The molecule has 10 heteroatoms. The number of amides is 3. The third-order valence-corrected chi connectivity index (χ3v) is 14.3. The Bertz CT molecular complexity index is 1580. The minimum atomic E-state index is -0.776. The second kappa shape index (κ2) is 29.2. The Morgan fingerprint density at radius 2 is 1.45 bits per heavy atom. The molecule has 2 rings (SSSR count). The number of allylic oxidation sites excluding steroid dienone is 1. The first-order chi connectivity index (χ1) is 30.3. The molecule has 0 aromatic heterocycles. The van der Waals surface area contributed by atoms with Crippen molar-refractivity contribution in [1.82, 2.24) is 15.5 Å². The molecule has 0 spiro atoms. The van der Waals surface area contributed by atoms with Crippen molar-refractivity contribution < 1.29 is 33.4 Å². The SMILES string of the molecule is CCCC[C@H](CCC(=O)C[C@@H](C)[C@H]([C@@H](C)CC)N(C)C(=O)[C@@H](NC(=O)[C@H](C(C)C)C(C)CC(=O)OC1C=CCCCCC1)C(C)C)[C@H](OC)[C@@H](C)C(=O)N[C@H](C)[C@@H](C)c1ccccc1. The van der Waals surface area contributed by atoms with Crippen LogP contribution in [0.1, 0.15) is 178 Å². The maximum Gasteiger partial charge on any atom is 0.306 e. The van der Waals surface area contributed by atoms with Crippen molar-refractivity contribution in [2.24, 2.45) is 47.3 Å². The van der Waals surface area contributed by atoms with E-state index >= 15 is 0 Å². The van der Waals surface area contributed by atoms with E-state index in [2.05, 4.69) is 63.5 Å². The highest BCUT2D eigenvalue weighted by atomic mass is 16.5. The molecule has 1 aromatic rings. The number of ether oxygens (including phenoxy) is 2. The summed E-state index contributed by atoms with van der Waals surface area (Å²) in [5, 5.41) is 6.37. The van der Waals surface area contributed by atoms with Gasteiger partial charge in [-0.3, -0.25) is 24.0 Å². The predicted octanol–water partition coefficient (Wildman–Crippen LogP) is 10.9. The lowest BCUT2D eigenvalue weighted by molar-refractivity contribution is -0.149. The van der Waals surface area contributed by atoms with Crippen molar-refractivity contribution in [2.45, 2.75) is 203 Å². The van der Waals surface area contributed by atoms with Crippen LogP contribution in [-0.4, -0.2) is 78.9 Å². The van der Waals surface area contributed by atoms with Gasteiger partial charge in [0, 0.05) is 57.3 Å². The van der Waals surface area contributed by atoms with E-state index in [0.717, 1.165) is 57.8 Å². The Kier molecular flexibility index (Phi) is 25.8. The number of Topliss-reactive ketones (excluding diaryl/α,β-unsaturated/α-hetero) is 1. The van der Waals surface area contributed by atoms with Crippen LogP contribution in [0.3, 0.4) is 0 Å². The quantitative estimate of drug-likeness (QED) is 0.0632. The van der Waals surface area contributed by atoms with Gasteiger partial charge in [-0.25, -0.2) is 0 Å². The van der Waals surface area contributed by atoms with Gasteiger partial charge in [-0.05, 0) is 92.6 Å². The van der Waals surface area contributed by atoms with Crippen LogP contribution in [0.15, 0.2) is 42.5 Å². The fourth-order valence-corrected chi connectivity index (χ4v) is 10.1. The summed E-state index contributed by atoms with van der Waals surface area (Å²) in [6.07, 6.45) is 13.7. The summed E-state index contributed by atoms with van der Waals surface area (Å²) in [6, 6.07) is 9.12. The van der Waals surface area contributed by atoms with E-state index in [1.807, 2.05) is 79.8 Å². The van der Waals surface area contributed by atoms with Gasteiger partial charge >= 0.3 is 5.97 Å². The minimum absolute atomic E-state index is 0.0307. The number of nitrogens with zero attached hydrogens (tertiary/aromatic N) is 1. The van der Waals surface area contributed by atoms with Crippen molar-refractivity contribution in [3.05, 3.63) is 48.0 Å². The molecule has 2 N–H and O–H groups in total. The molecule has 1 aromatic carbocycles. The van der Waals surface area contributed by atoms with Gasteiger partial charge in [-0.2, -0.15) is 0 Å². The molecule has 3 amide bonds. The zero-order chi connectivity index (χ0) is 48.1. The summed E-state index contributed by atoms with van der Waals surface area (Å²) >= 11 is 0. The van der Waals surface area contributed by atoms with Crippen LogP contribution in [0.25, 0.3) is 0 Å². The number of carbonyl (C=O) groups excluding carboxylic acids is 5. The molecule has 0 fully saturated rings. The highest BCUT2D eigenvalue weighted by molar-refractivity contribution is 5.89. The first-order valence-electron chi connectivity index (χ1n) is 25.1. The number of unbranched alkanes of at least 4 members (excludes halogenated alkanes) is 1. The summed E-state index contributed by atoms with van der Waals surface area (Å²) in [6.45, 7) is 24.3. The van der Waals surface area contributed by atoms with Crippen LogP contribution in [0, 0.1) is 47.3 Å². The normalized spacial score (nSPS) is 19.7. The van der Waals surface area contributed by atoms with Gasteiger partial charge < -0.3 is 25.0 Å². The number of methoxy groups -OCH3 is 1. The summed E-state index contributed by atoms with van der Waals surface area (Å²) in [5.41, 5.74) is 1.17. The van der Waals surface area contributed by atoms with E-state index in [9.17, 15) is 24.0 Å². The number of hydrogen-bond acceptors (Lipinski definition) is 7. The van der Waals surface area contributed by atoms with Crippen molar-refractivity contribution in [1.29, 1.82) is 0 Å². The van der Waals surface area contributed by atoms with E-state index < -0.39 is 17.9 Å². The van der Waals surface area contributed by atoms with Crippen molar-refractivity contribution in [3.63, 3.8) is 0 Å². The van der Waals surface area contributed by atoms with Gasteiger partial charge in [-0.15, -0.1) is 0 Å². The molecule has 64 heavy (non-hydrogen) atoms. The minimum Gasteiger partial charge on any atom is -0.458 e. The van der Waals surface area contributed by atoms with Gasteiger partial charge in [0.25, 0.3) is 0 Å². The molecule has 0 heterocycles. The summed E-state index contributed by atoms with van der Waals surface area (Å²) in [7, 11) is 3.48. The molecule has 0 saturated carbocycles. The van der Waals surface area contributed by atoms with Crippen LogP contribution in [0.5, 0.6) is 0 Å². The molecule has 1 aliphatic rings. The third kappa shape index (κ3) is 18.0. The van der Waals surface area contributed by atoms with Gasteiger partial charge in [0.2, 0.25) is 17.7 Å². The smallest absolute Gasteiger partial charge is 0.306 e. The Morgan fingerprint density at radius 3 is 2.05 bits per heavy atom. The van der Waals surface area contributed by atoms with Gasteiger partial charge in [0.1, 0.15) is 17.9 Å². The maximum atomic E-state index is 14.5. The van der Waals surface area contributed by atoms with E-state index in [1.165, 1.54) is 5.56 Å². The third-order valence-electron chi connectivity index (χ3n) is 14.3. The lowest BCUT2D eigenvalue weighted by atomic mass is 9.81. The average molecular weight is 894 g/mol. The molecule has 0 radical (unpaired) electrons. The number of benzene rings is 1. The molecule has 2 unspecified atom stereocenters. The fraction of sp³-hybridized carbons (Fsp3) is 0.759. The average Bonchev–Trinajstić information content (AvgIpc) is 3.23. The molecule has 1 aliphatic carbocycles. The lowest BCUT2D eigenvalue weighted by Gasteiger charge is -2.40. The molecule has 0 saturated heterocycles. The summed E-state index contributed by atoms with van der Waals surface area (Å²) < 4.78 is 11.9. The second-order valence-corrected chi connectivity index (χ2v) is 20.2. The number of rotatable bonds is 28. The van der Waals surface area contributed by atoms with E-state index in [0.29, 0.717) is 19.3 Å². The van der Waals surface area contributed by atoms with Crippen molar-refractivity contribution in [2.75, 3.05) is 14.2 Å². The number of likely N-dealkylation sites (N-methyl/N-ethyl adjacent to an activating group) is 1. The van der Waals surface area contributed by atoms with E-state index in [-0.39, 0.29) is 102 Å². The Hall–Kier alpha value is -3.53. The highest BCUT2D eigenvalue weighted by Crippen LogP contribution is 2.31. The number of esters is 1. The largest absolute Gasteiger partial charge is 0.458 e. The zero-order valence-corrected chi connectivity index (χ0v) is 42.6. The second-order valence-electron chi connectivity index (χ2n) is 20.2. The molecule has 0 aliphatic heterocycles. The van der Waals surface area contributed by atoms with E-state index in [4.69, 9.17) is 9.47 Å². The van der Waals surface area contributed by atoms with Gasteiger partial charge in [0.15, 0.2) is 0 Å². The first kappa shape index (κ1) is 56.6. The molecule has 364 valence electrons. The van der Waals surface area contributed by atoms with Crippen molar-refractivity contribution in [3.8, 4) is 0 Å². The van der Waals surface area contributed by atoms with Crippen LogP contribution in [-0.2, 0) is 33.4 Å². The molecular weight excluding hydrogens is 803 g/mol. The zero-order valence-electron chi connectivity index (χ0n) is 42.6. The topological polar surface area (TPSA) is 131 Å². The Morgan fingerprint density at radius 1 is 0.781 bits per heavy atom. The van der Waals surface area contributed by atoms with Crippen molar-refractivity contribution >= 4 is 29.5 Å². The van der Waals surface area contributed by atoms with Crippen LogP contribution in [0.2, 0.25) is 0 Å². The molecular formula is C54H91N3O7. The number of ketones is 1. The van der Waals surface area contributed by atoms with Crippen LogP contribution >= 0.6 is 0 Å². The van der Waals surface area contributed by atoms with Crippen LogP contribution in [0.4, 0.5) is 0 Å². The van der Waals surface area contributed by atoms with E-state index in [1.54, 1.807) is 12.0 Å². The molecule has 12 atom stereocenters. The molecule has 0 bridgehead atoms. The monoisotopic (exact) mass is 894 g/mol. The summed E-state index contributed by atoms with van der Waals surface area (Å²) in [4.78, 5) is 71.1. The summed E-state index contributed by atoms with van der Waals surface area (Å²) in [5.74, 6) is -1.93. The maximum absolute atomic E-state index is 14.5. The fourth-order valence-electron chi connectivity index (χ4n) is 10.1. The molecule has 10 nitrogen and oxygen atoms in total. The first-order valence-corrected chi connectivity index (χ1v) is 25.1. The number of carbonyl (C=O) groups is 5. The number of nitrogens with one attached hydrogen (secondary N) is 2. The lowest BCUT2D eigenvalue weighted by Crippen LogP contribution is -2.56. The Balaban J connectivity index is 2.15. The Labute approximate surface area is 389 Å². The van der Waals surface area contributed by atoms with Gasteiger partial charge in [0.05, 0.1) is 12.0 Å². The van der Waals surface area contributed by atoms with Crippen LogP contribution < -0.4 is 10.6 Å². The van der Waals surface area contributed by atoms with Gasteiger partial charge in [-0.1, -0.05) is 138 Å².